The summed E-state index contributed by atoms with van der Waals surface area (Å²) in [5.74, 6) is 0.861. The molecule has 4 nitrogen and oxygen atoms in total. The molecule has 0 radical (unpaired) electrons. The Hall–Kier alpha value is -2.01. The molecule has 0 fully saturated rings. The minimum atomic E-state index is -0.381. The number of rotatable bonds is 1. The number of aromatic hydroxyl groups is 1. The summed E-state index contributed by atoms with van der Waals surface area (Å²) in [4.78, 5) is 14.0. The minimum Gasteiger partial charge on any atom is -0.508 e. The second-order valence-corrected chi connectivity index (χ2v) is 7.77. The number of fused-ring (bicyclic) bond motifs is 3. The molecule has 2 aliphatic rings. The van der Waals surface area contributed by atoms with Gasteiger partial charge in [-0.25, -0.2) is 0 Å². The lowest BCUT2D eigenvalue weighted by atomic mass is 9.88. The van der Waals surface area contributed by atoms with E-state index in [1.165, 1.54) is 10.4 Å². The van der Waals surface area contributed by atoms with Gasteiger partial charge >= 0.3 is 0 Å². The molecule has 2 heterocycles. The second kappa shape index (κ2) is 5.27. The SMILES string of the molecule is Cc1ccc([C@@H]2NC(=O)c3c(sc4c3CC[C@@H](C)C4)N2)c(O)c1. The highest BCUT2D eigenvalue weighted by Gasteiger charge is 2.33. The van der Waals surface area contributed by atoms with Gasteiger partial charge in [-0.15, -0.1) is 11.3 Å². The highest BCUT2D eigenvalue weighted by atomic mass is 32.1. The number of phenolic OH excluding ortho intramolecular Hbond substituents is 1. The molecule has 1 aromatic heterocycles. The van der Waals surface area contributed by atoms with Crippen LogP contribution in [-0.4, -0.2) is 11.0 Å². The van der Waals surface area contributed by atoms with Crippen molar-refractivity contribution in [3.8, 4) is 5.75 Å². The lowest BCUT2D eigenvalue weighted by Crippen LogP contribution is -2.38. The number of benzene rings is 1. The predicted octanol–water partition coefficient (Wildman–Crippen LogP) is 3.74. The van der Waals surface area contributed by atoms with Gasteiger partial charge in [-0.3, -0.25) is 4.79 Å². The number of anilines is 1. The number of amides is 1. The molecule has 1 amide bonds. The third kappa shape index (κ3) is 2.39. The van der Waals surface area contributed by atoms with Crippen LogP contribution in [0.25, 0.3) is 0 Å². The fraction of sp³-hybridized carbons (Fsp3) is 0.389. The number of nitrogens with one attached hydrogen (secondary N) is 2. The Kier molecular flexibility index (Phi) is 3.34. The number of carbonyl (C=O) groups excluding carboxylic acids is 1. The first-order valence-corrected chi connectivity index (χ1v) is 8.86. The van der Waals surface area contributed by atoms with Crippen LogP contribution < -0.4 is 10.6 Å². The third-order valence-corrected chi connectivity index (χ3v) is 5.97. The summed E-state index contributed by atoms with van der Waals surface area (Å²) in [7, 11) is 0. The number of thiophene rings is 1. The van der Waals surface area contributed by atoms with Crippen LogP contribution in [0.5, 0.6) is 5.75 Å². The van der Waals surface area contributed by atoms with Crippen LogP contribution in [0.15, 0.2) is 18.2 Å². The zero-order valence-electron chi connectivity index (χ0n) is 13.3. The number of hydrogen-bond donors (Lipinski definition) is 3. The first-order chi connectivity index (χ1) is 11.0. The van der Waals surface area contributed by atoms with Crippen LogP contribution in [0.4, 0.5) is 5.00 Å². The summed E-state index contributed by atoms with van der Waals surface area (Å²) in [6, 6.07) is 5.53. The maximum absolute atomic E-state index is 12.6. The number of hydrogen-bond acceptors (Lipinski definition) is 4. The summed E-state index contributed by atoms with van der Waals surface area (Å²) in [5.41, 5.74) is 3.74. The molecule has 1 aromatic carbocycles. The van der Waals surface area contributed by atoms with Crippen LogP contribution in [0.2, 0.25) is 0 Å². The molecular formula is C18H20N2O2S. The Balaban J connectivity index is 1.71. The molecule has 3 N–H and O–H groups in total. The van der Waals surface area contributed by atoms with Gasteiger partial charge in [0.1, 0.15) is 16.9 Å². The number of carbonyl (C=O) groups is 1. The van der Waals surface area contributed by atoms with Crippen LogP contribution in [0, 0.1) is 12.8 Å². The Labute approximate surface area is 139 Å². The van der Waals surface area contributed by atoms with Gasteiger partial charge in [0, 0.05) is 10.4 Å². The van der Waals surface area contributed by atoms with E-state index in [1.807, 2.05) is 19.1 Å². The monoisotopic (exact) mass is 328 g/mol. The molecule has 0 spiro atoms. The molecule has 0 unspecified atom stereocenters. The van der Waals surface area contributed by atoms with E-state index < -0.39 is 0 Å². The fourth-order valence-corrected chi connectivity index (χ4v) is 4.95. The molecule has 2 aromatic rings. The van der Waals surface area contributed by atoms with Gasteiger partial charge in [-0.05, 0) is 49.3 Å². The van der Waals surface area contributed by atoms with Crippen molar-refractivity contribution in [2.45, 2.75) is 39.3 Å². The normalized spacial score (nSPS) is 22.8. The molecule has 120 valence electrons. The van der Waals surface area contributed by atoms with E-state index in [9.17, 15) is 9.90 Å². The van der Waals surface area contributed by atoms with E-state index in [0.29, 0.717) is 11.5 Å². The maximum atomic E-state index is 12.6. The highest BCUT2D eigenvalue weighted by Crippen LogP contribution is 2.43. The van der Waals surface area contributed by atoms with Crippen molar-refractivity contribution in [2.75, 3.05) is 5.32 Å². The summed E-state index contributed by atoms with van der Waals surface area (Å²) in [6.45, 7) is 4.20. The zero-order chi connectivity index (χ0) is 16.1. The molecule has 1 aliphatic carbocycles. The van der Waals surface area contributed by atoms with Crippen LogP contribution in [0.3, 0.4) is 0 Å². The van der Waals surface area contributed by atoms with Crippen molar-refractivity contribution < 1.29 is 9.90 Å². The minimum absolute atomic E-state index is 0.0317. The molecule has 23 heavy (non-hydrogen) atoms. The largest absolute Gasteiger partial charge is 0.508 e. The predicted molar refractivity (Wildman–Crippen MR) is 92.2 cm³/mol. The van der Waals surface area contributed by atoms with Gasteiger partial charge in [0.25, 0.3) is 5.91 Å². The molecular weight excluding hydrogens is 308 g/mol. The lowest BCUT2D eigenvalue weighted by molar-refractivity contribution is 0.0935. The Morgan fingerprint density at radius 1 is 1.30 bits per heavy atom. The van der Waals surface area contributed by atoms with Gasteiger partial charge in [-0.1, -0.05) is 19.1 Å². The average Bonchev–Trinajstić information content (AvgIpc) is 2.84. The van der Waals surface area contributed by atoms with E-state index in [1.54, 1.807) is 17.4 Å². The first kappa shape index (κ1) is 14.6. The van der Waals surface area contributed by atoms with E-state index in [2.05, 4.69) is 17.6 Å². The number of phenols is 1. The lowest BCUT2D eigenvalue weighted by Gasteiger charge is -2.27. The van der Waals surface area contributed by atoms with Gasteiger partial charge in [0.05, 0.1) is 5.56 Å². The maximum Gasteiger partial charge on any atom is 0.256 e. The van der Waals surface area contributed by atoms with E-state index in [4.69, 9.17) is 0 Å². The summed E-state index contributed by atoms with van der Waals surface area (Å²) < 4.78 is 0. The van der Waals surface area contributed by atoms with E-state index in [0.717, 1.165) is 35.4 Å². The van der Waals surface area contributed by atoms with Crippen molar-refractivity contribution in [2.24, 2.45) is 5.92 Å². The molecule has 0 saturated heterocycles. The second-order valence-electron chi connectivity index (χ2n) is 6.67. The Morgan fingerprint density at radius 2 is 2.13 bits per heavy atom. The van der Waals surface area contributed by atoms with E-state index >= 15 is 0 Å². The van der Waals surface area contributed by atoms with Crippen molar-refractivity contribution in [3.05, 3.63) is 45.3 Å². The van der Waals surface area contributed by atoms with Gasteiger partial charge in [-0.2, -0.15) is 0 Å². The summed E-state index contributed by atoms with van der Waals surface area (Å²) in [6.07, 6.45) is 2.81. The highest BCUT2D eigenvalue weighted by molar-refractivity contribution is 7.16. The van der Waals surface area contributed by atoms with Crippen LogP contribution in [0.1, 0.15) is 51.4 Å². The molecule has 5 heteroatoms. The third-order valence-electron chi connectivity index (χ3n) is 4.79. The first-order valence-electron chi connectivity index (χ1n) is 8.04. The van der Waals surface area contributed by atoms with Crippen LogP contribution >= 0.6 is 11.3 Å². The molecule has 0 bridgehead atoms. The van der Waals surface area contributed by atoms with Crippen LogP contribution in [-0.2, 0) is 12.8 Å². The van der Waals surface area contributed by atoms with Gasteiger partial charge in [0.15, 0.2) is 0 Å². The Morgan fingerprint density at radius 3 is 2.91 bits per heavy atom. The molecule has 1 aliphatic heterocycles. The van der Waals surface area contributed by atoms with Gasteiger partial charge < -0.3 is 15.7 Å². The van der Waals surface area contributed by atoms with Crippen molar-refractivity contribution >= 4 is 22.2 Å². The molecule has 0 saturated carbocycles. The zero-order valence-corrected chi connectivity index (χ0v) is 14.1. The molecule has 2 atom stereocenters. The molecule has 4 rings (SSSR count). The van der Waals surface area contributed by atoms with Crippen molar-refractivity contribution in [1.82, 2.24) is 5.32 Å². The topological polar surface area (TPSA) is 61.4 Å². The quantitative estimate of drug-likeness (QED) is 0.747. The summed E-state index contributed by atoms with van der Waals surface area (Å²) >= 11 is 1.70. The van der Waals surface area contributed by atoms with Crippen molar-refractivity contribution in [1.29, 1.82) is 0 Å². The fourth-order valence-electron chi connectivity index (χ4n) is 3.52. The average molecular weight is 328 g/mol. The summed E-state index contributed by atoms with van der Waals surface area (Å²) in [5, 5.41) is 17.5. The van der Waals surface area contributed by atoms with E-state index in [-0.39, 0.29) is 17.8 Å². The Bertz CT molecular complexity index is 797. The van der Waals surface area contributed by atoms with Crippen molar-refractivity contribution in [3.63, 3.8) is 0 Å². The smallest absolute Gasteiger partial charge is 0.256 e. The standard InChI is InChI=1S/C18H20N2O2S/c1-9-3-5-11(13(21)7-9)16-19-17(22)15-12-6-4-10(2)8-14(12)23-18(15)20-16/h3,5,7,10,16,20-21H,4,6,8H2,1-2H3,(H,19,22)/t10-,16-/m1/s1. The van der Waals surface area contributed by atoms with Gasteiger partial charge in [0.2, 0.25) is 0 Å². The number of aryl methyl sites for hydroxylation is 1.